The summed E-state index contributed by atoms with van der Waals surface area (Å²) < 4.78 is 22.0. The van der Waals surface area contributed by atoms with Crippen LogP contribution in [0.4, 0.5) is 0 Å². The van der Waals surface area contributed by atoms with Crippen LogP contribution in [0.1, 0.15) is 36.9 Å². The number of Topliss-reactive ketones (excluding diaryl/α,β-unsaturated/α-hetero) is 1. The maximum Gasteiger partial charge on any atom is 0.295 e. The predicted molar refractivity (Wildman–Crippen MR) is 125 cm³/mol. The van der Waals surface area contributed by atoms with Crippen molar-refractivity contribution in [2.45, 2.75) is 31.9 Å². The third-order valence-corrected chi connectivity index (χ3v) is 6.13. The van der Waals surface area contributed by atoms with Crippen molar-refractivity contribution >= 4 is 17.4 Å². The van der Waals surface area contributed by atoms with E-state index in [1.165, 1.54) is 12.0 Å². The van der Waals surface area contributed by atoms with Gasteiger partial charge in [0.15, 0.2) is 11.5 Å². The molecule has 2 heterocycles. The first-order valence-electron chi connectivity index (χ1n) is 11.3. The second kappa shape index (κ2) is 10.2. The van der Waals surface area contributed by atoms with Crippen molar-refractivity contribution in [3.63, 3.8) is 0 Å². The normalized spacial score (nSPS) is 21.7. The number of amides is 1. The van der Waals surface area contributed by atoms with Gasteiger partial charge in [0.2, 0.25) is 0 Å². The molecule has 0 radical (unpaired) electrons. The Kier molecular flexibility index (Phi) is 7.07. The quantitative estimate of drug-likeness (QED) is 0.359. The number of ketones is 1. The van der Waals surface area contributed by atoms with E-state index in [0.717, 1.165) is 12.8 Å². The fourth-order valence-electron chi connectivity index (χ4n) is 4.46. The van der Waals surface area contributed by atoms with Crippen LogP contribution in [0.15, 0.2) is 48.0 Å². The average molecular weight is 468 g/mol. The van der Waals surface area contributed by atoms with Crippen LogP contribution in [-0.4, -0.2) is 61.8 Å². The Morgan fingerprint density at radius 3 is 2.47 bits per heavy atom. The summed E-state index contributed by atoms with van der Waals surface area (Å²) in [6, 6.07) is 11.2. The molecular weight excluding hydrogens is 438 g/mol. The van der Waals surface area contributed by atoms with Gasteiger partial charge in [0.1, 0.15) is 11.5 Å². The lowest BCUT2D eigenvalue weighted by Crippen LogP contribution is -2.36. The van der Waals surface area contributed by atoms with Gasteiger partial charge in [-0.1, -0.05) is 6.07 Å². The molecule has 8 heteroatoms. The van der Waals surface area contributed by atoms with Crippen molar-refractivity contribution in [2.75, 3.05) is 34.0 Å². The monoisotopic (exact) mass is 467 g/mol. The summed E-state index contributed by atoms with van der Waals surface area (Å²) in [5.74, 6) is 0.0101. The minimum atomic E-state index is -0.795. The largest absolute Gasteiger partial charge is 0.507 e. The minimum absolute atomic E-state index is 0.0272. The summed E-state index contributed by atoms with van der Waals surface area (Å²) in [6.07, 6.45) is 1.55. The fraction of sp³-hybridized carbons (Fsp3) is 0.385. The van der Waals surface area contributed by atoms with Gasteiger partial charge in [-0.15, -0.1) is 0 Å². The van der Waals surface area contributed by atoms with Gasteiger partial charge < -0.3 is 29.0 Å². The van der Waals surface area contributed by atoms with E-state index >= 15 is 0 Å². The van der Waals surface area contributed by atoms with Crippen LogP contribution < -0.4 is 14.2 Å². The van der Waals surface area contributed by atoms with E-state index in [9.17, 15) is 14.7 Å². The smallest absolute Gasteiger partial charge is 0.295 e. The first-order chi connectivity index (χ1) is 16.5. The lowest BCUT2D eigenvalue weighted by atomic mass is 9.94. The Labute approximate surface area is 198 Å². The highest BCUT2D eigenvalue weighted by Gasteiger charge is 2.47. The number of carbonyl (C=O) groups excluding carboxylic acids is 2. The van der Waals surface area contributed by atoms with Gasteiger partial charge in [-0.2, -0.15) is 0 Å². The van der Waals surface area contributed by atoms with E-state index in [1.807, 2.05) is 6.92 Å². The molecule has 1 N–H and O–H groups in total. The van der Waals surface area contributed by atoms with Gasteiger partial charge in [-0.05, 0) is 61.7 Å². The highest BCUT2D eigenvalue weighted by Crippen LogP contribution is 2.42. The van der Waals surface area contributed by atoms with Crippen molar-refractivity contribution in [3.05, 3.63) is 59.2 Å². The first kappa shape index (κ1) is 23.6. The van der Waals surface area contributed by atoms with Crippen molar-refractivity contribution < 1.29 is 33.6 Å². The van der Waals surface area contributed by atoms with E-state index < -0.39 is 17.7 Å². The molecule has 2 aliphatic rings. The number of aliphatic hydroxyl groups is 1. The Morgan fingerprint density at radius 1 is 1.09 bits per heavy atom. The molecule has 2 atom stereocenters. The van der Waals surface area contributed by atoms with Crippen molar-refractivity contribution in [3.8, 4) is 17.2 Å². The molecule has 180 valence electrons. The van der Waals surface area contributed by atoms with E-state index in [1.54, 1.807) is 49.6 Å². The van der Waals surface area contributed by atoms with Gasteiger partial charge in [0.05, 0.1) is 38.5 Å². The summed E-state index contributed by atoms with van der Waals surface area (Å²) in [4.78, 5) is 27.8. The number of carbonyl (C=O) groups is 2. The summed E-state index contributed by atoms with van der Waals surface area (Å²) in [5, 5.41) is 11.2. The zero-order chi connectivity index (χ0) is 24.2. The molecule has 0 aromatic heterocycles. The molecule has 1 amide bonds. The van der Waals surface area contributed by atoms with E-state index in [4.69, 9.17) is 18.9 Å². The van der Waals surface area contributed by atoms with E-state index in [0.29, 0.717) is 41.6 Å². The molecule has 0 bridgehead atoms. The second-order valence-electron chi connectivity index (χ2n) is 8.16. The van der Waals surface area contributed by atoms with Crippen LogP contribution >= 0.6 is 0 Å². The minimum Gasteiger partial charge on any atom is -0.507 e. The fourth-order valence-corrected chi connectivity index (χ4v) is 4.46. The van der Waals surface area contributed by atoms with E-state index in [2.05, 4.69) is 0 Å². The van der Waals surface area contributed by atoms with Gasteiger partial charge >= 0.3 is 0 Å². The van der Waals surface area contributed by atoms with Crippen molar-refractivity contribution in [1.29, 1.82) is 0 Å². The Balaban J connectivity index is 1.82. The highest BCUT2D eigenvalue weighted by atomic mass is 16.5. The van der Waals surface area contributed by atoms with Crippen LogP contribution in [0.5, 0.6) is 17.2 Å². The maximum absolute atomic E-state index is 13.2. The van der Waals surface area contributed by atoms with Gasteiger partial charge in [0.25, 0.3) is 11.7 Å². The molecule has 4 rings (SSSR count). The Morgan fingerprint density at radius 2 is 1.85 bits per heavy atom. The molecule has 2 aliphatic heterocycles. The number of ether oxygens (including phenoxy) is 4. The summed E-state index contributed by atoms with van der Waals surface area (Å²) >= 11 is 0. The standard InChI is InChI=1S/C26H29NO7/c1-4-33-20-12-9-17(14-21(20)32-3)23-22(24(28)16-7-10-18(31-2)11-8-16)25(29)26(30)27(23)15-19-6-5-13-34-19/h7-12,14,19,23,28H,4-6,13,15H2,1-3H3/b24-22-. The van der Waals surface area contributed by atoms with Gasteiger partial charge in [-0.3, -0.25) is 9.59 Å². The molecule has 2 unspecified atom stereocenters. The van der Waals surface area contributed by atoms with Crippen LogP contribution in [0.3, 0.4) is 0 Å². The molecular formula is C26H29NO7. The maximum atomic E-state index is 13.2. The molecule has 2 fully saturated rings. The van der Waals surface area contributed by atoms with Crippen molar-refractivity contribution in [1.82, 2.24) is 4.90 Å². The molecule has 34 heavy (non-hydrogen) atoms. The number of hydrogen-bond donors (Lipinski definition) is 1. The van der Waals surface area contributed by atoms with Crippen LogP contribution in [-0.2, 0) is 14.3 Å². The molecule has 0 aliphatic carbocycles. The number of methoxy groups -OCH3 is 2. The Bertz CT molecular complexity index is 1090. The van der Waals surface area contributed by atoms with Crippen LogP contribution in [0.25, 0.3) is 5.76 Å². The summed E-state index contributed by atoms with van der Waals surface area (Å²) in [6.45, 7) is 3.22. The summed E-state index contributed by atoms with van der Waals surface area (Å²) in [7, 11) is 3.08. The number of aliphatic hydroxyl groups excluding tert-OH is 1. The molecule has 0 spiro atoms. The van der Waals surface area contributed by atoms with Crippen LogP contribution in [0.2, 0.25) is 0 Å². The number of nitrogens with zero attached hydrogens (tertiary/aromatic N) is 1. The molecule has 8 nitrogen and oxygen atoms in total. The molecule has 0 saturated carbocycles. The number of likely N-dealkylation sites (tertiary alicyclic amines) is 1. The zero-order valence-electron chi connectivity index (χ0n) is 19.6. The second-order valence-corrected chi connectivity index (χ2v) is 8.16. The topological polar surface area (TPSA) is 94.5 Å². The van der Waals surface area contributed by atoms with E-state index in [-0.39, 0.29) is 24.0 Å². The Hall–Kier alpha value is -3.52. The van der Waals surface area contributed by atoms with Crippen molar-refractivity contribution in [2.24, 2.45) is 0 Å². The van der Waals surface area contributed by atoms with Gasteiger partial charge in [0, 0.05) is 18.7 Å². The summed E-state index contributed by atoms with van der Waals surface area (Å²) in [5.41, 5.74) is 1.07. The number of rotatable bonds is 8. The predicted octanol–water partition coefficient (Wildman–Crippen LogP) is 3.70. The average Bonchev–Trinajstić information content (AvgIpc) is 3.46. The molecule has 2 aromatic carbocycles. The third kappa shape index (κ3) is 4.46. The van der Waals surface area contributed by atoms with Crippen LogP contribution in [0, 0.1) is 0 Å². The lowest BCUT2D eigenvalue weighted by Gasteiger charge is -2.28. The molecule has 2 saturated heterocycles. The lowest BCUT2D eigenvalue weighted by molar-refractivity contribution is -0.140. The highest BCUT2D eigenvalue weighted by molar-refractivity contribution is 6.46. The third-order valence-electron chi connectivity index (χ3n) is 6.13. The SMILES string of the molecule is CCOc1ccc(C2/C(=C(/O)c3ccc(OC)cc3)C(=O)C(=O)N2CC2CCCO2)cc1OC. The number of benzene rings is 2. The molecule has 2 aromatic rings. The zero-order valence-corrected chi connectivity index (χ0v) is 19.6. The van der Waals surface area contributed by atoms with Gasteiger partial charge in [-0.25, -0.2) is 0 Å². The number of hydrogen-bond acceptors (Lipinski definition) is 7. The first-order valence-corrected chi connectivity index (χ1v) is 11.3.